The van der Waals surface area contributed by atoms with Crippen molar-refractivity contribution in [2.45, 2.75) is 45.2 Å². The number of hydrogen-bond acceptors (Lipinski definition) is 5. The fraction of sp³-hybridized carbons (Fsp3) is 0.762. The van der Waals surface area contributed by atoms with E-state index in [1.165, 1.54) is 12.8 Å². The van der Waals surface area contributed by atoms with Gasteiger partial charge in [-0.1, -0.05) is 0 Å². The van der Waals surface area contributed by atoms with Crippen molar-refractivity contribution in [1.29, 1.82) is 0 Å². The van der Waals surface area contributed by atoms with Crippen LogP contribution in [-0.2, 0) is 16.1 Å². The summed E-state index contributed by atoms with van der Waals surface area (Å²) in [5.41, 5.74) is 0. The molecule has 0 radical (unpaired) electrons. The molecule has 0 bridgehead atoms. The molecule has 6 heteroatoms. The first-order chi connectivity index (χ1) is 13.2. The average molecular weight is 376 g/mol. The van der Waals surface area contributed by atoms with Crippen molar-refractivity contribution >= 4 is 5.91 Å². The van der Waals surface area contributed by atoms with Gasteiger partial charge in [-0.15, -0.1) is 0 Å². The molecule has 6 nitrogen and oxygen atoms in total. The highest BCUT2D eigenvalue weighted by Crippen LogP contribution is 2.26. The second-order valence-electron chi connectivity index (χ2n) is 8.29. The highest BCUT2D eigenvalue weighted by atomic mass is 16.5. The molecule has 0 aliphatic carbocycles. The van der Waals surface area contributed by atoms with Gasteiger partial charge in [0.15, 0.2) is 0 Å². The second kappa shape index (κ2) is 8.76. The number of amides is 1. The minimum Gasteiger partial charge on any atom is -0.465 e. The summed E-state index contributed by atoms with van der Waals surface area (Å²) in [6.07, 6.45) is 4.58. The maximum atomic E-state index is 12.9. The van der Waals surface area contributed by atoms with Crippen molar-refractivity contribution < 1.29 is 13.9 Å². The van der Waals surface area contributed by atoms with Gasteiger partial charge in [0.25, 0.3) is 0 Å². The Morgan fingerprint density at radius 2 is 1.85 bits per heavy atom. The Morgan fingerprint density at radius 1 is 1.07 bits per heavy atom. The van der Waals surface area contributed by atoms with Crippen molar-refractivity contribution in [3.8, 4) is 0 Å². The van der Waals surface area contributed by atoms with E-state index in [1.54, 1.807) is 0 Å². The fourth-order valence-corrected chi connectivity index (χ4v) is 4.81. The maximum absolute atomic E-state index is 12.9. The molecule has 0 unspecified atom stereocenters. The summed E-state index contributed by atoms with van der Waals surface area (Å²) in [7, 11) is 0. The molecule has 1 amide bonds. The fourth-order valence-electron chi connectivity index (χ4n) is 4.81. The third-order valence-corrected chi connectivity index (χ3v) is 6.37. The zero-order valence-corrected chi connectivity index (χ0v) is 16.6. The molecule has 3 aliphatic rings. The third kappa shape index (κ3) is 4.73. The standard InChI is InChI=1S/C21H33N3O3/c1-17-4-5-20(27-17)16-22-9-6-19(7-10-22)24-8-2-3-18(15-24)21(25)23-11-13-26-14-12-23/h4-5,18-19H,2-3,6-16H2,1H3/t18-/m0/s1. The number of carbonyl (C=O) groups is 1. The highest BCUT2D eigenvalue weighted by Gasteiger charge is 2.33. The number of rotatable bonds is 4. The number of nitrogens with zero attached hydrogens (tertiary/aromatic N) is 3. The molecule has 4 rings (SSSR count). The Morgan fingerprint density at radius 3 is 2.56 bits per heavy atom. The van der Waals surface area contributed by atoms with E-state index in [0.717, 1.165) is 70.2 Å². The topological polar surface area (TPSA) is 49.2 Å². The van der Waals surface area contributed by atoms with Crippen LogP contribution in [0.4, 0.5) is 0 Å². The second-order valence-corrected chi connectivity index (χ2v) is 8.29. The van der Waals surface area contributed by atoms with Gasteiger partial charge in [-0.05, 0) is 51.3 Å². The Labute approximate surface area is 162 Å². The molecule has 3 saturated heterocycles. The summed E-state index contributed by atoms with van der Waals surface area (Å²) in [4.78, 5) is 20.0. The lowest BCUT2D eigenvalue weighted by molar-refractivity contribution is -0.142. The summed E-state index contributed by atoms with van der Waals surface area (Å²) >= 11 is 0. The van der Waals surface area contributed by atoms with E-state index in [4.69, 9.17) is 9.15 Å². The molecule has 1 aromatic rings. The zero-order valence-electron chi connectivity index (χ0n) is 16.6. The predicted octanol–water partition coefficient (Wildman–Crippen LogP) is 2.12. The number of likely N-dealkylation sites (tertiary alicyclic amines) is 2. The molecule has 3 aliphatic heterocycles. The van der Waals surface area contributed by atoms with E-state index < -0.39 is 0 Å². The van der Waals surface area contributed by atoms with E-state index in [-0.39, 0.29) is 5.92 Å². The molecule has 4 heterocycles. The number of furan rings is 1. The van der Waals surface area contributed by atoms with Crippen LogP contribution in [0.3, 0.4) is 0 Å². The molecule has 27 heavy (non-hydrogen) atoms. The van der Waals surface area contributed by atoms with E-state index in [1.807, 2.05) is 17.9 Å². The maximum Gasteiger partial charge on any atom is 0.227 e. The van der Waals surface area contributed by atoms with E-state index >= 15 is 0 Å². The van der Waals surface area contributed by atoms with Crippen LogP contribution >= 0.6 is 0 Å². The smallest absolute Gasteiger partial charge is 0.227 e. The molecule has 150 valence electrons. The molecule has 0 saturated carbocycles. The van der Waals surface area contributed by atoms with Gasteiger partial charge in [0, 0.05) is 38.8 Å². The molecule has 1 aromatic heterocycles. The van der Waals surface area contributed by atoms with Gasteiger partial charge in [-0.2, -0.15) is 0 Å². The summed E-state index contributed by atoms with van der Waals surface area (Å²) < 4.78 is 11.1. The monoisotopic (exact) mass is 375 g/mol. The number of morpholine rings is 1. The number of carbonyl (C=O) groups excluding carboxylic acids is 1. The van der Waals surface area contributed by atoms with Crippen LogP contribution in [0.1, 0.15) is 37.2 Å². The third-order valence-electron chi connectivity index (χ3n) is 6.37. The van der Waals surface area contributed by atoms with Crippen molar-refractivity contribution in [3.63, 3.8) is 0 Å². The average Bonchev–Trinajstić information content (AvgIpc) is 3.13. The lowest BCUT2D eigenvalue weighted by Crippen LogP contribution is -2.52. The Kier molecular flexibility index (Phi) is 6.15. The first-order valence-corrected chi connectivity index (χ1v) is 10.6. The number of aryl methyl sites for hydroxylation is 1. The van der Waals surface area contributed by atoms with Crippen molar-refractivity contribution in [3.05, 3.63) is 23.7 Å². The largest absolute Gasteiger partial charge is 0.465 e. The number of piperidine rings is 2. The minimum atomic E-state index is 0.181. The van der Waals surface area contributed by atoms with Crippen molar-refractivity contribution in [1.82, 2.24) is 14.7 Å². The van der Waals surface area contributed by atoms with Crippen LogP contribution < -0.4 is 0 Å². The summed E-state index contributed by atoms with van der Waals surface area (Å²) in [6.45, 7) is 10.1. The number of ether oxygens (including phenoxy) is 1. The Hall–Kier alpha value is -1.37. The Balaban J connectivity index is 1.26. The van der Waals surface area contributed by atoms with Crippen LogP contribution in [0.5, 0.6) is 0 Å². The van der Waals surface area contributed by atoms with Crippen LogP contribution in [0.2, 0.25) is 0 Å². The molecule has 0 aromatic carbocycles. The van der Waals surface area contributed by atoms with Gasteiger partial charge in [0.1, 0.15) is 11.5 Å². The summed E-state index contributed by atoms with van der Waals surface area (Å²) in [5, 5.41) is 0. The van der Waals surface area contributed by atoms with Crippen LogP contribution in [-0.4, -0.2) is 79.1 Å². The minimum absolute atomic E-state index is 0.181. The zero-order chi connectivity index (χ0) is 18.6. The van der Waals surface area contributed by atoms with Gasteiger partial charge >= 0.3 is 0 Å². The van der Waals surface area contributed by atoms with E-state index in [9.17, 15) is 4.79 Å². The first-order valence-electron chi connectivity index (χ1n) is 10.6. The predicted molar refractivity (Wildman–Crippen MR) is 103 cm³/mol. The lowest BCUT2D eigenvalue weighted by Gasteiger charge is -2.43. The quantitative estimate of drug-likeness (QED) is 0.807. The van der Waals surface area contributed by atoms with Gasteiger partial charge in [-0.3, -0.25) is 14.6 Å². The first kappa shape index (κ1) is 19.0. The van der Waals surface area contributed by atoms with Crippen LogP contribution in [0.15, 0.2) is 16.5 Å². The van der Waals surface area contributed by atoms with E-state index in [0.29, 0.717) is 25.2 Å². The summed E-state index contributed by atoms with van der Waals surface area (Å²) in [5.74, 6) is 2.60. The van der Waals surface area contributed by atoms with Gasteiger partial charge in [0.05, 0.1) is 25.7 Å². The molecule has 0 N–H and O–H groups in total. The van der Waals surface area contributed by atoms with Crippen molar-refractivity contribution in [2.24, 2.45) is 5.92 Å². The molecule has 0 spiro atoms. The molecular formula is C21H33N3O3. The van der Waals surface area contributed by atoms with Gasteiger partial charge in [0.2, 0.25) is 5.91 Å². The summed E-state index contributed by atoms with van der Waals surface area (Å²) in [6, 6.07) is 4.76. The number of hydrogen-bond donors (Lipinski definition) is 0. The van der Waals surface area contributed by atoms with Crippen LogP contribution in [0, 0.1) is 12.8 Å². The van der Waals surface area contributed by atoms with E-state index in [2.05, 4.69) is 15.9 Å². The van der Waals surface area contributed by atoms with Crippen molar-refractivity contribution in [2.75, 3.05) is 52.5 Å². The molecule has 3 fully saturated rings. The van der Waals surface area contributed by atoms with Crippen LogP contribution in [0.25, 0.3) is 0 Å². The Bertz CT molecular complexity index is 618. The lowest BCUT2D eigenvalue weighted by atomic mass is 9.92. The highest BCUT2D eigenvalue weighted by molar-refractivity contribution is 5.79. The van der Waals surface area contributed by atoms with Gasteiger partial charge in [-0.25, -0.2) is 0 Å². The normalized spacial score (nSPS) is 26.4. The van der Waals surface area contributed by atoms with Gasteiger partial charge < -0.3 is 14.1 Å². The molecular weight excluding hydrogens is 342 g/mol. The molecule has 1 atom stereocenters. The SMILES string of the molecule is Cc1ccc(CN2CCC(N3CCC[C@H](C(=O)N4CCOCC4)C3)CC2)o1.